The summed E-state index contributed by atoms with van der Waals surface area (Å²) in [6.45, 7) is 1.59. The summed E-state index contributed by atoms with van der Waals surface area (Å²) in [6.07, 6.45) is 1.33. The Morgan fingerprint density at radius 1 is 1.21 bits per heavy atom. The predicted octanol–water partition coefficient (Wildman–Crippen LogP) is 1.91. The highest BCUT2D eigenvalue weighted by Gasteiger charge is 2.27. The van der Waals surface area contributed by atoms with Gasteiger partial charge in [-0.3, -0.25) is 19.2 Å². The molecule has 1 N–H and O–H groups in total. The van der Waals surface area contributed by atoms with Gasteiger partial charge >= 0.3 is 0 Å². The molecule has 3 heterocycles. The number of benzene rings is 1. The molecule has 0 fully saturated rings. The average molecular weight is 539 g/mol. The van der Waals surface area contributed by atoms with Crippen molar-refractivity contribution in [1.29, 1.82) is 0 Å². The van der Waals surface area contributed by atoms with Crippen molar-refractivity contribution >= 4 is 17.5 Å². The lowest BCUT2D eigenvalue weighted by atomic mass is 10.0. The molecule has 0 bridgehead atoms. The molecular formula is C26H27FN6O6. The Bertz CT molecular complexity index is 1490. The van der Waals surface area contributed by atoms with Crippen LogP contribution in [0.25, 0.3) is 0 Å². The Morgan fingerprint density at radius 2 is 2.00 bits per heavy atom. The summed E-state index contributed by atoms with van der Waals surface area (Å²) in [5.41, 5.74) is 1.99. The number of methoxy groups -OCH3 is 1. The van der Waals surface area contributed by atoms with Crippen LogP contribution in [0.1, 0.15) is 45.7 Å². The summed E-state index contributed by atoms with van der Waals surface area (Å²) in [4.78, 5) is 56.3. The van der Waals surface area contributed by atoms with Crippen molar-refractivity contribution in [3.8, 4) is 5.75 Å². The molecule has 0 saturated carbocycles. The number of nitrogens with zero attached hydrogens (tertiary/aromatic N) is 5. The molecule has 1 unspecified atom stereocenters. The third-order valence-electron chi connectivity index (χ3n) is 6.01. The molecule has 1 atom stereocenters. The minimum atomic E-state index is -0.525. The Morgan fingerprint density at radius 3 is 2.74 bits per heavy atom. The number of hydrogen-bond acceptors (Lipinski definition) is 9. The first-order valence-electron chi connectivity index (χ1n) is 11.9. The van der Waals surface area contributed by atoms with Crippen molar-refractivity contribution in [1.82, 2.24) is 24.9 Å². The van der Waals surface area contributed by atoms with Crippen molar-refractivity contribution in [3.05, 3.63) is 87.1 Å². The number of oxime groups is 1. The van der Waals surface area contributed by atoms with Crippen LogP contribution in [0.3, 0.4) is 0 Å². The van der Waals surface area contributed by atoms with Crippen LogP contribution in [0.5, 0.6) is 5.75 Å². The van der Waals surface area contributed by atoms with Gasteiger partial charge in [0.15, 0.2) is 17.7 Å². The first-order chi connectivity index (χ1) is 18.7. The molecule has 2 amide bonds. The van der Waals surface area contributed by atoms with E-state index in [1.165, 1.54) is 50.1 Å². The minimum Gasteiger partial charge on any atom is -0.494 e. The number of aryl methyl sites for hydroxylation is 1. The number of rotatable bonds is 9. The lowest BCUT2D eigenvalue weighted by Crippen LogP contribution is -2.33. The fraction of sp³-hybridized carbons (Fsp3) is 0.308. The lowest BCUT2D eigenvalue weighted by Gasteiger charge is -2.15. The standard InChI is InChI=1S/C26H27FN6O6/c1-15-29-19(10-21(30-15)26(36)28-12-16-5-7-18(27)23(9-16)37-3)20-11-22(39-31-20)17-6-8-24(34)33(13-17)14-25(35)32(2)38-4/h5-10,13,22H,11-12,14H2,1-4H3,(H,28,36). The molecule has 1 aliphatic rings. The third-order valence-corrected chi connectivity index (χ3v) is 6.01. The van der Waals surface area contributed by atoms with E-state index in [4.69, 9.17) is 14.4 Å². The van der Waals surface area contributed by atoms with Crippen LogP contribution in [-0.4, -0.2) is 58.4 Å². The third kappa shape index (κ3) is 6.44. The Hall–Kier alpha value is -4.65. The van der Waals surface area contributed by atoms with Gasteiger partial charge in [-0.2, -0.15) is 0 Å². The topological polar surface area (TPSA) is 137 Å². The number of carbonyl (C=O) groups is 2. The first kappa shape index (κ1) is 27.4. The largest absolute Gasteiger partial charge is 0.494 e. The first-order valence-corrected chi connectivity index (χ1v) is 11.9. The van der Waals surface area contributed by atoms with E-state index in [2.05, 4.69) is 20.4 Å². The minimum absolute atomic E-state index is 0.0834. The molecule has 39 heavy (non-hydrogen) atoms. The van der Waals surface area contributed by atoms with Crippen LogP contribution in [0.2, 0.25) is 0 Å². The van der Waals surface area contributed by atoms with E-state index < -0.39 is 23.7 Å². The molecule has 13 heteroatoms. The molecule has 0 radical (unpaired) electrons. The number of halogens is 1. The molecule has 0 aliphatic carbocycles. The summed E-state index contributed by atoms with van der Waals surface area (Å²) in [7, 11) is 4.18. The zero-order chi connectivity index (χ0) is 28.1. The van der Waals surface area contributed by atoms with Gasteiger partial charge in [0.25, 0.3) is 17.4 Å². The van der Waals surface area contributed by atoms with Gasteiger partial charge in [-0.25, -0.2) is 19.4 Å². The van der Waals surface area contributed by atoms with E-state index in [1.54, 1.807) is 25.3 Å². The van der Waals surface area contributed by atoms with E-state index in [0.717, 1.165) is 5.06 Å². The van der Waals surface area contributed by atoms with E-state index in [-0.39, 0.29) is 30.1 Å². The molecule has 1 aliphatic heterocycles. The van der Waals surface area contributed by atoms with Crippen LogP contribution >= 0.6 is 0 Å². The maximum absolute atomic E-state index is 13.7. The van der Waals surface area contributed by atoms with Crippen molar-refractivity contribution < 1.29 is 28.4 Å². The molecule has 1 aromatic carbocycles. The van der Waals surface area contributed by atoms with Gasteiger partial charge in [-0.05, 0) is 36.8 Å². The number of hydroxylamine groups is 2. The Balaban J connectivity index is 1.45. The number of carbonyl (C=O) groups excluding carboxylic acids is 2. The van der Waals surface area contributed by atoms with Crippen LogP contribution in [0.4, 0.5) is 4.39 Å². The maximum Gasteiger partial charge on any atom is 0.270 e. The summed E-state index contributed by atoms with van der Waals surface area (Å²) >= 11 is 0. The van der Waals surface area contributed by atoms with E-state index in [9.17, 15) is 18.8 Å². The van der Waals surface area contributed by atoms with E-state index in [1.807, 2.05) is 0 Å². The molecule has 4 rings (SSSR count). The van der Waals surface area contributed by atoms with Gasteiger partial charge in [0.05, 0.1) is 19.9 Å². The SMILES string of the molecule is COc1cc(CNC(=O)c2cc(C3=NOC(c4ccc(=O)n(CC(=O)N(C)OC)c4)C3)nc(C)n2)ccc1F. The zero-order valence-corrected chi connectivity index (χ0v) is 21.8. The van der Waals surface area contributed by atoms with Crippen LogP contribution in [-0.2, 0) is 27.6 Å². The molecule has 204 valence electrons. The molecule has 12 nitrogen and oxygen atoms in total. The molecular weight excluding hydrogens is 511 g/mol. The summed E-state index contributed by atoms with van der Waals surface area (Å²) in [5.74, 6) is -0.894. The van der Waals surface area contributed by atoms with Crippen molar-refractivity contribution in [3.63, 3.8) is 0 Å². The monoisotopic (exact) mass is 538 g/mol. The lowest BCUT2D eigenvalue weighted by molar-refractivity contribution is -0.169. The second-order valence-electron chi connectivity index (χ2n) is 8.68. The number of pyridine rings is 1. The van der Waals surface area contributed by atoms with E-state index in [0.29, 0.717) is 34.8 Å². The van der Waals surface area contributed by atoms with Crippen molar-refractivity contribution in [2.75, 3.05) is 21.3 Å². The van der Waals surface area contributed by atoms with Gasteiger partial charge in [-0.15, -0.1) is 0 Å². The Labute approximate surface area is 223 Å². The smallest absolute Gasteiger partial charge is 0.270 e. The number of aromatic nitrogens is 3. The highest BCUT2D eigenvalue weighted by molar-refractivity contribution is 6.02. The fourth-order valence-corrected chi connectivity index (χ4v) is 3.84. The molecule has 2 aromatic heterocycles. The molecule has 0 spiro atoms. The summed E-state index contributed by atoms with van der Waals surface area (Å²) < 4.78 is 19.9. The highest BCUT2D eigenvalue weighted by atomic mass is 19.1. The van der Waals surface area contributed by atoms with Crippen LogP contribution < -0.4 is 15.6 Å². The normalized spacial score (nSPS) is 14.4. The van der Waals surface area contributed by atoms with E-state index >= 15 is 0 Å². The number of ether oxygens (including phenoxy) is 1. The number of amides is 2. The Kier molecular flexibility index (Phi) is 8.30. The van der Waals surface area contributed by atoms with Gasteiger partial charge in [0.2, 0.25) is 0 Å². The average Bonchev–Trinajstić information content (AvgIpc) is 3.43. The predicted molar refractivity (Wildman–Crippen MR) is 136 cm³/mol. The molecule has 3 aromatic rings. The van der Waals surface area contributed by atoms with Gasteiger partial charge in [0.1, 0.15) is 23.8 Å². The number of nitrogens with one attached hydrogen (secondary N) is 1. The molecule has 0 saturated heterocycles. The van der Waals surface area contributed by atoms with Gasteiger partial charge < -0.3 is 19.5 Å². The van der Waals surface area contributed by atoms with Crippen molar-refractivity contribution in [2.24, 2.45) is 5.16 Å². The summed E-state index contributed by atoms with van der Waals surface area (Å²) in [6, 6.07) is 8.80. The highest BCUT2D eigenvalue weighted by Crippen LogP contribution is 2.28. The fourth-order valence-electron chi connectivity index (χ4n) is 3.84. The quantitative estimate of drug-likeness (QED) is 0.408. The van der Waals surface area contributed by atoms with Crippen LogP contribution in [0, 0.1) is 12.7 Å². The second kappa shape index (κ2) is 11.8. The van der Waals surface area contributed by atoms with Crippen LogP contribution in [0.15, 0.2) is 52.5 Å². The maximum atomic E-state index is 13.7. The van der Waals surface area contributed by atoms with Gasteiger partial charge in [-0.1, -0.05) is 11.2 Å². The number of likely N-dealkylation sites (N-methyl/N-ethyl adjacent to an activating group) is 1. The second-order valence-corrected chi connectivity index (χ2v) is 8.68. The van der Waals surface area contributed by atoms with Gasteiger partial charge in [0, 0.05) is 37.8 Å². The van der Waals surface area contributed by atoms with Crippen molar-refractivity contribution in [2.45, 2.75) is 32.5 Å². The zero-order valence-electron chi connectivity index (χ0n) is 21.8. The number of hydrogen-bond donors (Lipinski definition) is 1. The summed E-state index contributed by atoms with van der Waals surface area (Å²) in [5, 5.41) is 7.93.